The summed E-state index contributed by atoms with van der Waals surface area (Å²) in [5.74, 6) is 0. The number of hydrogen-bond donors (Lipinski definition) is 1. The molecule has 2 fully saturated rings. The van der Waals surface area contributed by atoms with Gasteiger partial charge in [-0.25, -0.2) is 4.98 Å². The average molecular weight is 310 g/mol. The lowest BCUT2D eigenvalue weighted by atomic mass is 9.78. The van der Waals surface area contributed by atoms with Crippen LogP contribution in [-0.2, 0) is 4.74 Å². The summed E-state index contributed by atoms with van der Waals surface area (Å²) in [6, 6.07) is 0. The maximum Gasteiger partial charge on any atom is 0.185 e. The van der Waals surface area contributed by atoms with Gasteiger partial charge in [0.2, 0.25) is 0 Å². The number of ether oxygens (including phenoxy) is 1. The monoisotopic (exact) mass is 310 g/mol. The normalized spacial score (nSPS) is 31.5. The van der Waals surface area contributed by atoms with Crippen molar-refractivity contribution in [1.29, 1.82) is 0 Å². The highest BCUT2D eigenvalue weighted by atomic mass is 32.1. The lowest BCUT2D eigenvalue weighted by Crippen LogP contribution is -2.61. The van der Waals surface area contributed by atoms with Gasteiger partial charge in [0.25, 0.3) is 0 Å². The van der Waals surface area contributed by atoms with Crippen LogP contribution in [0.3, 0.4) is 0 Å². The molecule has 6 heteroatoms. The Hall–Kier alpha value is -0.690. The van der Waals surface area contributed by atoms with E-state index in [4.69, 9.17) is 10.5 Å². The fourth-order valence-electron chi connectivity index (χ4n) is 3.76. The van der Waals surface area contributed by atoms with Crippen molar-refractivity contribution in [3.63, 3.8) is 0 Å². The third kappa shape index (κ3) is 3.08. The van der Waals surface area contributed by atoms with Crippen molar-refractivity contribution in [2.24, 2.45) is 5.73 Å². The van der Waals surface area contributed by atoms with E-state index in [-0.39, 0.29) is 5.54 Å². The van der Waals surface area contributed by atoms with Gasteiger partial charge in [0.1, 0.15) is 0 Å². The van der Waals surface area contributed by atoms with Crippen molar-refractivity contribution >= 4 is 16.5 Å². The van der Waals surface area contributed by atoms with E-state index in [1.165, 1.54) is 12.8 Å². The van der Waals surface area contributed by atoms with Crippen molar-refractivity contribution < 1.29 is 4.74 Å². The molecule has 0 radical (unpaired) electrons. The van der Waals surface area contributed by atoms with Crippen LogP contribution in [0.2, 0.25) is 0 Å². The summed E-state index contributed by atoms with van der Waals surface area (Å²) in [4.78, 5) is 9.44. The highest BCUT2D eigenvalue weighted by Gasteiger charge is 2.40. The first-order valence-corrected chi connectivity index (χ1v) is 8.78. The lowest BCUT2D eigenvalue weighted by molar-refractivity contribution is -0.00902. The van der Waals surface area contributed by atoms with E-state index in [0.717, 1.165) is 50.7 Å². The fourth-order valence-corrected chi connectivity index (χ4v) is 4.45. The van der Waals surface area contributed by atoms with Crippen molar-refractivity contribution in [3.05, 3.63) is 11.6 Å². The van der Waals surface area contributed by atoms with E-state index >= 15 is 0 Å². The maximum absolute atomic E-state index is 6.18. The molecule has 5 nitrogen and oxygen atoms in total. The topological polar surface area (TPSA) is 54.6 Å². The first kappa shape index (κ1) is 15.2. The Labute approximate surface area is 131 Å². The van der Waals surface area contributed by atoms with Crippen molar-refractivity contribution in [2.75, 3.05) is 44.7 Å². The number of thiazole rings is 1. The molecule has 1 saturated heterocycles. The molecule has 2 heterocycles. The number of methoxy groups -OCH3 is 1. The van der Waals surface area contributed by atoms with Crippen molar-refractivity contribution in [1.82, 2.24) is 9.88 Å². The number of piperazine rings is 1. The fraction of sp³-hybridized carbons (Fsp3) is 0.800. The van der Waals surface area contributed by atoms with Gasteiger partial charge in [-0.3, -0.25) is 4.90 Å². The van der Waals surface area contributed by atoms with Crippen molar-refractivity contribution in [3.8, 4) is 0 Å². The molecule has 2 aliphatic rings. The molecular formula is C15H26N4OS. The summed E-state index contributed by atoms with van der Waals surface area (Å²) in [6.45, 7) is 5.06. The van der Waals surface area contributed by atoms with Gasteiger partial charge in [-0.05, 0) is 25.7 Å². The van der Waals surface area contributed by atoms with Gasteiger partial charge in [0.05, 0.1) is 6.10 Å². The van der Waals surface area contributed by atoms with Crippen LogP contribution in [-0.4, -0.2) is 61.4 Å². The molecule has 1 aromatic heterocycles. The van der Waals surface area contributed by atoms with E-state index < -0.39 is 0 Å². The zero-order valence-corrected chi connectivity index (χ0v) is 13.6. The van der Waals surface area contributed by atoms with Crippen LogP contribution < -0.4 is 10.6 Å². The summed E-state index contributed by atoms with van der Waals surface area (Å²) < 4.78 is 5.51. The Morgan fingerprint density at radius 2 is 2.05 bits per heavy atom. The highest BCUT2D eigenvalue weighted by Crippen LogP contribution is 2.35. The van der Waals surface area contributed by atoms with Gasteiger partial charge >= 0.3 is 0 Å². The Kier molecular flexibility index (Phi) is 4.78. The molecule has 1 aliphatic heterocycles. The number of anilines is 1. The molecule has 0 bridgehead atoms. The molecule has 0 atom stereocenters. The van der Waals surface area contributed by atoms with Gasteiger partial charge in [-0.2, -0.15) is 0 Å². The number of nitrogens with zero attached hydrogens (tertiary/aromatic N) is 3. The van der Waals surface area contributed by atoms with Gasteiger partial charge in [-0.1, -0.05) is 0 Å². The van der Waals surface area contributed by atoms with Crippen LogP contribution in [0, 0.1) is 0 Å². The van der Waals surface area contributed by atoms with E-state index in [1.54, 1.807) is 11.3 Å². The zero-order chi connectivity index (χ0) is 14.7. The minimum atomic E-state index is 0.198. The average Bonchev–Trinajstić information content (AvgIpc) is 3.09. The number of rotatable bonds is 4. The highest BCUT2D eigenvalue weighted by molar-refractivity contribution is 7.13. The largest absolute Gasteiger partial charge is 0.381 e. The lowest BCUT2D eigenvalue weighted by Gasteiger charge is -2.50. The van der Waals surface area contributed by atoms with E-state index in [9.17, 15) is 0 Å². The molecule has 0 amide bonds. The first-order chi connectivity index (χ1) is 10.3. The molecule has 3 rings (SSSR count). The standard InChI is InChI=1S/C15H26N4OS/c1-20-13-2-4-15(12-16,5-3-13)19-9-7-18(8-10-19)14-17-6-11-21-14/h6,11,13H,2-5,7-10,12,16H2,1H3. The predicted octanol–water partition coefficient (Wildman–Crippen LogP) is 1.55. The Balaban J connectivity index is 1.59. The van der Waals surface area contributed by atoms with Gasteiger partial charge < -0.3 is 15.4 Å². The molecule has 0 spiro atoms. The van der Waals surface area contributed by atoms with Crippen LogP contribution in [0.25, 0.3) is 0 Å². The van der Waals surface area contributed by atoms with Gasteiger partial charge in [0.15, 0.2) is 5.13 Å². The molecule has 0 aromatic carbocycles. The van der Waals surface area contributed by atoms with E-state index in [1.807, 2.05) is 13.3 Å². The Morgan fingerprint density at radius 1 is 1.33 bits per heavy atom. The second-order valence-corrected chi connectivity index (χ2v) is 7.03. The van der Waals surface area contributed by atoms with Crippen LogP contribution >= 0.6 is 11.3 Å². The van der Waals surface area contributed by atoms with Crippen LogP contribution in [0.5, 0.6) is 0 Å². The number of hydrogen-bond acceptors (Lipinski definition) is 6. The first-order valence-electron chi connectivity index (χ1n) is 7.90. The predicted molar refractivity (Wildman–Crippen MR) is 87.0 cm³/mol. The quantitative estimate of drug-likeness (QED) is 0.914. The number of aromatic nitrogens is 1. The Morgan fingerprint density at radius 3 is 2.57 bits per heavy atom. The summed E-state index contributed by atoms with van der Waals surface area (Å²) in [5.41, 5.74) is 6.38. The van der Waals surface area contributed by atoms with Crippen LogP contribution in [0.4, 0.5) is 5.13 Å². The van der Waals surface area contributed by atoms with Crippen LogP contribution in [0.15, 0.2) is 11.6 Å². The maximum atomic E-state index is 6.18. The second kappa shape index (κ2) is 6.60. The smallest absolute Gasteiger partial charge is 0.185 e. The Bertz CT molecular complexity index is 423. The van der Waals surface area contributed by atoms with E-state index in [0.29, 0.717) is 6.10 Å². The number of nitrogens with two attached hydrogens (primary N) is 1. The molecule has 1 aliphatic carbocycles. The SMILES string of the molecule is COC1CCC(CN)(N2CCN(c3nccs3)CC2)CC1. The third-order valence-corrected chi connectivity index (χ3v) is 6.05. The van der Waals surface area contributed by atoms with Gasteiger partial charge in [-0.15, -0.1) is 11.3 Å². The molecular weight excluding hydrogens is 284 g/mol. The minimum absolute atomic E-state index is 0.198. The molecule has 118 valence electrons. The second-order valence-electron chi connectivity index (χ2n) is 6.15. The third-order valence-electron chi connectivity index (χ3n) is 5.22. The zero-order valence-electron chi connectivity index (χ0n) is 12.8. The van der Waals surface area contributed by atoms with Gasteiger partial charge in [0, 0.05) is 56.9 Å². The molecule has 1 saturated carbocycles. The van der Waals surface area contributed by atoms with E-state index in [2.05, 4.69) is 20.2 Å². The summed E-state index contributed by atoms with van der Waals surface area (Å²) in [7, 11) is 1.83. The molecule has 0 unspecified atom stereocenters. The summed E-state index contributed by atoms with van der Waals surface area (Å²) in [5, 5.41) is 3.20. The summed E-state index contributed by atoms with van der Waals surface area (Å²) >= 11 is 1.73. The molecule has 1 aromatic rings. The minimum Gasteiger partial charge on any atom is -0.381 e. The van der Waals surface area contributed by atoms with Crippen molar-refractivity contribution in [2.45, 2.75) is 37.3 Å². The molecule has 2 N–H and O–H groups in total. The molecule has 21 heavy (non-hydrogen) atoms. The van der Waals surface area contributed by atoms with Crippen LogP contribution in [0.1, 0.15) is 25.7 Å². The summed E-state index contributed by atoms with van der Waals surface area (Å²) in [6.07, 6.45) is 6.93.